The summed E-state index contributed by atoms with van der Waals surface area (Å²) in [6, 6.07) is 1.67. The van der Waals surface area contributed by atoms with Gasteiger partial charge in [-0.15, -0.1) is 0 Å². The van der Waals surface area contributed by atoms with Crippen molar-refractivity contribution < 1.29 is 14.7 Å². The van der Waals surface area contributed by atoms with Crippen LogP contribution in [-0.2, 0) is 11.3 Å². The molecule has 0 bridgehead atoms. The fourth-order valence-electron chi connectivity index (χ4n) is 1.56. The first-order valence-corrected chi connectivity index (χ1v) is 6.11. The van der Waals surface area contributed by atoms with Crippen LogP contribution in [-0.4, -0.2) is 40.6 Å². The zero-order valence-corrected chi connectivity index (χ0v) is 11.2. The predicted octanol–water partition coefficient (Wildman–Crippen LogP) is 1.40. The number of aromatic nitrogens is 1. The summed E-state index contributed by atoms with van der Waals surface area (Å²) < 4.78 is 0. The monoisotopic (exact) mass is 265 g/mol. The topological polar surface area (TPSA) is 82.5 Å². The Labute approximate surface area is 112 Å². The van der Waals surface area contributed by atoms with Gasteiger partial charge in [0.2, 0.25) is 0 Å². The van der Waals surface area contributed by atoms with Gasteiger partial charge >= 0.3 is 12.0 Å². The lowest BCUT2D eigenvalue weighted by molar-refractivity contribution is -0.137. The minimum atomic E-state index is -0.847. The molecule has 0 atom stereocenters. The van der Waals surface area contributed by atoms with Gasteiger partial charge in [-0.3, -0.25) is 9.78 Å². The molecule has 0 spiro atoms. The third-order valence-electron chi connectivity index (χ3n) is 2.81. The molecule has 0 aliphatic carbocycles. The maximum Gasteiger partial charge on any atom is 0.317 e. The summed E-state index contributed by atoms with van der Waals surface area (Å²) in [6.07, 6.45) is 3.95. The standard InChI is InChI=1S/C13H19N3O3/c1-10-5-6-14-8-11(10)9-15-13(19)16(2)7-3-4-12(17)18/h5-6,8H,3-4,7,9H2,1-2H3,(H,15,19)(H,17,18). The van der Waals surface area contributed by atoms with Crippen LogP contribution in [0.4, 0.5) is 4.79 Å². The number of nitrogens with one attached hydrogen (secondary N) is 1. The first kappa shape index (κ1) is 14.9. The van der Waals surface area contributed by atoms with Crippen LogP contribution in [0.2, 0.25) is 0 Å². The summed E-state index contributed by atoms with van der Waals surface area (Å²) in [5.41, 5.74) is 2.04. The molecule has 1 aromatic heterocycles. The van der Waals surface area contributed by atoms with Crippen LogP contribution in [0.3, 0.4) is 0 Å². The van der Waals surface area contributed by atoms with Gasteiger partial charge in [0.1, 0.15) is 0 Å². The molecule has 2 amide bonds. The second kappa shape index (κ2) is 7.35. The van der Waals surface area contributed by atoms with E-state index in [4.69, 9.17) is 5.11 Å². The number of carbonyl (C=O) groups is 2. The Morgan fingerprint density at radius 2 is 2.21 bits per heavy atom. The van der Waals surface area contributed by atoms with Crippen molar-refractivity contribution in [1.29, 1.82) is 0 Å². The average Bonchev–Trinajstić information content (AvgIpc) is 2.36. The van der Waals surface area contributed by atoms with E-state index in [1.807, 2.05) is 13.0 Å². The molecule has 1 aromatic rings. The molecule has 6 nitrogen and oxygen atoms in total. The van der Waals surface area contributed by atoms with Gasteiger partial charge in [0.15, 0.2) is 0 Å². The molecule has 0 fully saturated rings. The highest BCUT2D eigenvalue weighted by Crippen LogP contribution is 2.04. The van der Waals surface area contributed by atoms with Gasteiger partial charge in [-0.2, -0.15) is 0 Å². The number of rotatable bonds is 6. The van der Waals surface area contributed by atoms with E-state index in [-0.39, 0.29) is 12.5 Å². The minimum absolute atomic E-state index is 0.0688. The molecular weight excluding hydrogens is 246 g/mol. The zero-order valence-electron chi connectivity index (χ0n) is 11.2. The molecule has 0 saturated carbocycles. The maximum absolute atomic E-state index is 11.8. The van der Waals surface area contributed by atoms with Gasteiger partial charge in [-0.1, -0.05) is 0 Å². The number of aryl methyl sites for hydroxylation is 1. The van der Waals surface area contributed by atoms with Gasteiger partial charge in [-0.25, -0.2) is 4.79 Å². The number of hydrogen-bond donors (Lipinski definition) is 2. The van der Waals surface area contributed by atoms with Crippen molar-refractivity contribution in [3.63, 3.8) is 0 Å². The lowest BCUT2D eigenvalue weighted by Gasteiger charge is -2.17. The number of amides is 2. The molecule has 0 radical (unpaired) electrons. The largest absolute Gasteiger partial charge is 0.481 e. The maximum atomic E-state index is 11.8. The Kier molecular flexibility index (Phi) is 5.78. The van der Waals surface area contributed by atoms with Crippen molar-refractivity contribution in [1.82, 2.24) is 15.2 Å². The van der Waals surface area contributed by atoms with Gasteiger partial charge in [0.25, 0.3) is 0 Å². The van der Waals surface area contributed by atoms with Crippen molar-refractivity contribution in [2.24, 2.45) is 0 Å². The Morgan fingerprint density at radius 1 is 1.47 bits per heavy atom. The minimum Gasteiger partial charge on any atom is -0.481 e. The van der Waals surface area contributed by atoms with E-state index in [2.05, 4.69) is 10.3 Å². The molecule has 19 heavy (non-hydrogen) atoms. The third-order valence-corrected chi connectivity index (χ3v) is 2.81. The molecule has 1 rings (SSSR count). The number of carboxylic acid groups (broad SMARTS) is 1. The molecule has 1 heterocycles. The number of carbonyl (C=O) groups excluding carboxylic acids is 1. The van der Waals surface area contributed by atoms with Crippen LogP contribution in [0.15, 0.2) is 18.5 Å². The Balaban J connectivity index is 2.34. The van der Waals surface area contributed by atoms with E-state index >= 15 is 0 Å². The van der Waals surface area contributed by atoms with Gasteiger partial charge in [0.05, 0.1) is 0 Å². The predicted molar refractivity (Wildman–Crippen MR) is 70.7 cm³/mol. The van der Waals surface area contributed by atoms with E-state index in [9.17, 15) is 9.59 Å². The number of pyridine rings is 1. The first-order chi connectivity index (χ1) is 9.00. The second-order valence-corrected chi connectivity index (χ2v) is 4.38. The highest BCUT2D eigenvalue weighted by Gasteiger charge is 2.09. The summed E-state index contributed by atoms with van der Waals surface area (Å²) in [4.78, 5) is 27.6. The van der Waals surface area contributed by atoms with Crippen LogP contribution in [0.1, 0.15) is 24.0 Å². The Bertz CT molecular complexity index is 449. The number of aliphatic carboxylic acids is 1. The van der Waals surface area contributed by atoms with Crippen LogP contribution < -0.4 is 5.32 Å². The van der Waals surface area contributed by atoms with E-state index in [0.29, 0.717) is 19.5 Å². The van der Waals surface area contributed by atoms with Crippen LogP contribution in [0.25, 0.3) is 0 Å². The second-order valence-electron chi connectivity index (χ2n) is 4.38. The van der Waals surface area contributed by atoms with E-state index < -0.39 is 5.97 Å². The smallest absolute Gasteiger partial charge is 0.317 e. The quantitative estimate of drug-likeness (QED) is 0.814. The number of urea groups is 1. The fraction of sp³-hybridized carbons (Fsp3) is 0.462. The lowest BCUT2D eigenvalue weighted by atomic mass is 10.2. The van der Waals surface area contributed by atoms with Crippen molar-refractivity contribution >= 4 is 12.0 Å². The molecular formula is C13H19N3O3. The van der Waals surface area contributed by atoms with Crippen molar-refractivity contribution in [3.05, 3.63) is 29.6 Å². The number of nitrogens with zero attached hydrogens (tertiary/aromatic N) is 2. The Hall–Kier alpha value is -2.11. The molecule has 2 N–H and O–H groups in total. The molecule has 0 aliphatic heterocycles. The van der Waals surface area contributed by atoms with Crippen LogP contribution in [0, 0.1) is 6.92 Å². The van der Waals surface area contributed by atoms with Crippen molar-refractivity contribution in [2.45, 2.75) is 26.3 Å². The summed E-state index contributed by atoms with van der Waals surface area (Å²) >= 11 is 0. The highest BCUT2D eigenvalue weighted by atomic mass is 16.4. The summed E-state index contributed by atoms with van der Waals surface area (Å²) in [5.74, 6) is -0.847. The van der Waals surface area contributed by atoms with Crippen molar-refractivity contribution in [3.8, 4) is 0 Å². The summed E-state index contributed by atoms with van der Waals surface area (Å²) in [5, 5.41) is 11.3. The van der Waals surface area contributed by atoms with E-state index in [1.54, 1.807) is 19.4 Å². The molecule has 104 valence electrons. The summed E-state index contributed by atoms with van der Waals surface area (Å²) in [6.45, 7) is 2.80. The molecule has 6 heteroatoms. The van der Waals surface area contributed by atoms with E-state index in [1.165, 1.54) is 4.90 Å². The van der Waals surface area contributed by atoms with Gasteiger partial charge in [0, 0.05) is 39.0 Å². The van der Waals surface area contributed by atoms with Gasteiger partial charge < -0.3 is 15.3 Å². The first-order valence-electron chi connectivity index (χ1n) is 6.11. The molecule has 0 unspecified atom stereocenters. The van der Waals surface area contributed by atoms with Gasteiger partial charge in [-0.05, 0) is 30.5 Å². The van der Waals surface area contributed by atoms with Crippen LogP contribution in [0.5, 0.6) is 0 Å². The van der Waals surface area contributed by atoms with Crippen molar-refractivity contribution in [2.75, 3.05) is 13.6 Å². The molecule has 0 aliphatic rings. The molecule has 0 aromatic carbocycles. The Morgan fingerprint density at radius 3 is 2.84 bits per heavy atom. The molecule has 0 saturated heterocycles. The van der Waals surface area contributed by atoms with E-state index in [0.717, 1.165) is 11.1 Å². The normalized spacial score (nSPS) is 10.0. The number of carboxylic acids is 1. The van der Waals surface area contributed by atoms with Crippen LogP contribution >= 0.6 is 0 Å². The average molecular weight is 265 g/mol. The zero-order chi connectivity index (χ0) is 14.3. The SMILES string of the molecule is Cc1ccncc1CNC(=O)N(C)CCCC(=O)O. The highest BCUT2D eigenvalue weighted by molar-refractivity contribution is 5.74. The third kappa shape index (κ3) is 5.37. The lowest BCUT2D eigenvalue weighted by Crippen LogP contribution is -2.37. The summed E-state index contributed by atoms with van der Waals surface area (Å²) in [7, 11) is 1.65. The fourth-order valence-corrected chi connectivity index (χ4v) is 1.56. The number of hydrogen-bond acceptors (Lipinski definition) is 3.